The normalized spacial score (nSPS) is 18.8. The smallest absolute Gasteiger partial charge is 0.405 e. The zero-order chi connectivity index (χ0) is 17.5. The number of amides is 1. The van der Waals surface area contributed by atoms with Gasteiger partial charge >= 0.3 is 6.09 Å². The summed E-state index contributed by atoms with van der Waals surface area (Å²) in [4.78, 5) is 11.1. The van der Waals surface area contributed by atoms with Crippen LogP contribution in [0.2, 0.25) is 0 Å². The van der Waals surface area contributed by atoms with E-state index in [1.165, 1.54) is 6.07 Å². The number of carboxylic acid groups (broad SMARTS) is 1. The second-order valence-corrected chi connectivity index (χ2v) is 6.91. The molecule has 0 aromatic heterocycles. The molecule has 126 valence electrons. The van der Waals surface area contributed by atoms with Crippen LogP contribution in [0.25, 0.3) is 11.1 Å². The minimum absolute atomic E-state index is 0.186. The average Bonchev–Trinajstić information content (AvgIpc) is 2.52. The molecule has 5 heteroatoms. The zero-order valence-corrected chi connectivity index (χ0v) is 13.6. The van der Waals surface area contributed by atoms with Crippen LogP contribution in [-0.4, -0.2) is 11.2 Å². The van der Waals surface area contributed by atoms with Gasteiger partial charge in [-0.05, 0) is 52.6 Å². The number of benzene rings is 2. The fourth-order valence-corrected chi connectivity index (χ4v) is 3.38. The second-order valence-electron chi connectivity index (χ2n) is 6.91. The van der Waals surface area contributed by atoms with Crippen LogP contribution in [-0.2, 0) is 6.42 Å². The highest BCUT2D eigenvalue weighted by Gasteiger charge is 2.37. The van der Waals surface area contributed by atoms with Crippen LogP contribution in [0.3, 0.4) is 0 Å². The van der Waals surface area contributed by atoms with Crippen molar-refractivity contribution < 1.29 is 18.7 Å². The molecule has 0 saturated carbocycles. The largest absolute Gasteiger partial charge is 0.465 e. The van der Waals surface area contributed by atoms with E-state index in [1.54, 1.807) is 6.07 Å². The number of hydrogen-bond donors (Lipinski definition) is 2. The van der Waals surface area contributed by atoms with Crippen molar-refractivity contribution in [2.45, 2.75) is 32.7 Å². The molecule has 0 spiro atoms. The quantitative estimate of drug-likeness (QED) is 0.821. The van der Waals surface area contributed by atoms with Crippen LogP contribution in [0.15, 0.2) is 36.4 Å². The van der Waals surface area contributed by atoms with E-state index in [-0.39, 0.29) is 11.5 Å². The Labute approximate surface area is 139 Å². The van der Waals surface area contributed by atoms with E-state index in [1.807, 2.05) is 32.0 Å². The first-order valence-corrected chi connectivity index (χ1v) is 7.85. The van der Waals surface area contributed by atoms with Crippen LogP contribution >= 0.6 is 0 Å². The van der Waals surface area contributed by atoms with E-state index in [2.05, 4.69) is 5.32 Å². The minimum atomic E-state index is -1.05. The third kappa shape index (κ3) is 2.98. The molecule has 1 aliphatic carbocycles. The lowest BCUT2D eigenvalue weighted by atomic mass is 9.70. The molecule has 0 fully saturated rings. The van der Waals surface area contributed by atoms with Gasteiger partial charge in [0.1, 0.15) is 0 Å². The van der Waals surface area contributed by atoms with Crippen LogP contribution in [0, 0.1) is 17.0 Å². The maximum absolute atomic E-state index is 13.5. The lowest BCUT2D eigenvalue weighted by molar-refractivity contribution is 0.161. The fourth-order valence-electron chi connectivity index (χ4n) is 3.38. The first-order valence-electron chi connectivity index (χ1n) is 7.85. The predicted octanol–water partition coefficient (Wildman–Crippen LogP) is 4.91. The Morgan fingerprint density at radius 3 is 2.46 bits per heavy atom. The Morgan fingerprint density at radius 2 is 1.79 bits per heavy atom. The second kappa shape index (κ2) is 5.89. The molecule has 0 saturated heterocycles. The molecule has 24 heavy (non-hydrogen) atoms. The van der Waals surface area contributed by atoms with Gasteiger partial charge in [0, 0.05) is 0 Å². The number of rotatable bonds is 2. The van der Waals surface area contributed by atoms with E-state index in [4.69, 9.17) is 5.11 Å². The monoisotopic (exact) mass is 331 g/mol. The number of halogens is 2. The van der Waals surface area contributed by atoms with E-state index in [9.17, 15) is 13.6 Å². The first-order chi connectivity index (χ1) is 11.3. The molecular formula is C19H19F2NO2. The topological polar surface area (TPSA) is 49.3 Å². The summed E-state index contributed by atoms with van der Waals surface area (Å²) >= 11 is 0. The lowest BCUT2D eigenvalue weighted by Crippen LogP contribution is -2.40. The highest BCUT2D eigenvalue weighted by Crippen LogP contribution is 2.44. The number of fused-ring (bicyclic) bond motifs is 1. The molecule has 1 unspecified atom stereocenters. The van der Waals surface area contributed by atoms with Crippen molar-refractivity contribution in [2.75, 3.05) is 0 Å². The van der Waals surface area contributed by atoms with Gasteiger partial charge in [0.15, 0.2) is 11.6 Å². The average molecular weight is 331 g/mol. The van der Waals surface area contributed by atoms with E-state index in [0.29, 0.717) is 5.56 Å². The summed E-state index contributed by atoms with van der Waals surface area (Å²) in [5.41, 5.74) is 3.19. The predicted molar refractivity (Wildman–Crippen MR) is 87.8 cm³/mol. The summed E-state index contributed by atoms with van der Waals surface area (Å²) in [6, 6.07) is 9.18. The van der Waals surface area contributed by atoms with Gasteiger partial charge in [0.25, 0.3) is 0 Å². The molecule has 2 N–H and O–H groups in total. The van der Waals surface area contributed by atoms with Crippen molar-refractivity contribution in [1.82, 2.24) is 5.32 Å². The molecule has 1 aliphatic rings. The molecule has 0 radical (unpaired) electrons. The third-order valence-electron chi connectivity index (χ3n) is 4.79. The molecule has 0 aliphatic heterocycles. The van der Waals surface area contributed by atoms with Crippen LogP contribution in [0.5, 0.6) is 0 Å². The number of aryl methyl sites for hydroxylation is 1. The summed E-state index contributed by atoms with van der Waals surface area (Å²) in [7, 11) is 0. The molecule has 0 bridgehead atoms. The number of nitrogens with one attached hydrogen (secondary N) is 1. The highest BCUT2D eigenvalue weighted by molar-refractivity contribution is 5.68. The minimum Gasteiger partial charge on any atom is -0.465 e. The van der Waals surface area contributed by atoms with Gasteiger partial charge < -0.3 is 10.4 Å². The van der Waals surface area contributed by atoms with Crippen molar-refractivity contribution >= 4 is 6.09 Å². The SMILES string of the molecule is CC1(C)CCc2cc(-c3ccc(F)c(F)c3)ccc2C1NC(=O)O. The highest BCUT2D eigenvalue weighted by atomic mass is 19.2. The van der Waals surface area contributed by atoms with Crippen LogP contribution < -0.4 is 5.32 Å². The van der Waals surface area contributed by atoms with E-state index in [0.717, 1.165) is 35.6 Å². The molecule has 3 nitrogen and oxygen atoms in total. The van der Waals surface area contributed by atoms with Gasteiger partial charge in [-0.1, -0.05) is 38.1 Å². The van der Waals surface area contributed by atoms with Crippen LogP contribution in [0.1, 0.15) is 37.4 Å². The Balaban J connectivity index is 2.02. The van der Waals surface area contributed by atoms with Crippen molar-refractivity contribution in [3.05, 3.63) is 59.2 Å². The fraction of sp³-hybridized carbons (Fsp3) is 0.316. The molecule has 2 aromatic rings. The van der Waals surface area contributed by atoms with Crippen molar-refractivity contribution in [2.24, 2.45) is 5.41 Å². The number of carbonyl (C=O) groups is 1. The summed E-state index contributed by atoms with van der Waals surface area (Å²) in [6.07, 6.45) is 0.606. The van der Waals surface area contributed by atoms with Gasteiger partial charge in [-0.25, -0.2) is 13.6 Å². The molecule has 3 rings (SSSR count). The van der Waals surface area contributed by atoms with Gasteiger partial charge in [0.2, 0.25) is 0 Å². The van der Waals surface area contributed by atoms with Crippen molar-refractivity contribution in [3.63, 3.8) is 0 Å². The molecule has 1 amide bonds. The number of hydrogen-bond acceptors (Lipinski definition) is 1. The molecular weight excluding hydrogens is 312 g/mol. The summed E-state index contributed by atoms with van der Waals surface area (Å²) in [6.45, 7) is 4.08. The zero-order valence-electron chi connectivity index (χ0n) is 13.6. The Kier molecular flexibility index (Phi) is 4.03. The molecule has 2 aromatic carbocycles. The summed E-state index contributed by atoms with van der Waals surface area (Å²) < 4.78 is 26.6. The van der Waals surface area contributed by atoms with E-state index >= 15 is 0 Å². The van der Waals surface area contributed by atoms with E-state index < -0.39 is 17.7 Å². The Bertz CT molecular complexity index is 802. The molecule has 0 heterocycles. The van der Waals surface area contributed by atoms with Crippen molar-refractivity contribution in [3.8, 4) is 11.1 Å². The summed E-state index contributed by atoms with van der Waals surface area (Å²) in [5, 5.41) is 11.7. The standard InChI is InChI=1S/C19H19F2NO2/c1-19(2)8-7-13-9-11(12-4-6-15(20)16(21)10-12)3-5-14(13)17(19)22-18(23)24/h3-6,9-10,17,22H,7-8H2,1-2H3,(H,23,24). The van der Waals surface area contributed by atoms with Crippen LogP contribution in [0.4, 0.5) is 13.6 Å². The van der Waals surface area contributed by atoms with Gasteiger partial charge in [-0.15, -0.1) is 0 Å². The van der Waals surface area contributed by atoms with Gasteiger partial charge in [-0.2, -0.15) is 0 Å². The molecule has 1 atom stereocenters. The Morgan fingerprint density at radius 1 is 1.12 bits per heavy atom. The summed E-state index contributed by atoms with van der Waals surface area (Å²) in [5.74, 6) is -1.75. The Hall–Kier alpha value is -2.43. The maximum atomic E-state index is 13.5. The van der Waals surface area contributed by atoms with Gasteiger partial charge in [-0.3, -0.25) is 0 Å². The van der Waals surface area contributed by atoms with Crippen molar-refractivity contribution in [1.29, 1.82) is 0 Å². The lowest BCUT2D eigenvalue weighted by Gasteiger charge is -2.40. The maximum Gasteiger partial charge on any atom is 0.405 e. The third-order valence-corrected chi connectivity index (χ3v) is 4.79. The first kappa shape index (κ1) is 16.4. The van der Waals surface area contributed by atoms with Gasteiger partial charge in [0.05, 0.1) is 6.04 Å².